The molecule has 0 unspecified atom stereocenters. The first-order valence-electron chi connectivity index (χ1n) is 9.89. The van der Waals surface area contributed by atoms with Crippen molar-refractivity contribution < 1.29 is 18.6 Å². The molecule has 0 spiro atoms. The van der Waals surface area contributed by atoms with Crippen LogP contribution in [-0.4, -0.2) is 50.4 Å². The maximum Gasteiger partial charge on any atom is 0.320 e. The summed E-state index contributed by atoms with van der Waals surface area (Å²) < 4.78 is 23.6. The summed E-state index contributed by atoms with van der Waals surface area (Å²) in [6.07, 6.45) is 0.691. The molecule has 1 aromatic rings. The number of methoxy groups -OCH3 is 1. The maximum atomic E-state index is 8.79. The molecular weight excluding hydrogens is 390 g/mol. The summed E-state index contributed by atoms with van der Waals surface area (Å²) in [5, 5.41) is 3.79. The molecule has 1 aliphatic heterocycles. The normalized spacial score (nSPS) is 22.4. The Kier molecular flexibility index (Phi) is 7.50. The molecule has 1 aromatic heterocycles. The molecule has 0 radical (unpaired) electrons. The summed E-state index contributed by atoms with van der Waals surface area (Å²) in [6, 6.07) is 0.201. The van der Waals surface area contributed by atoms with Gasteiger partial charge in [0.1, 0.15) is 18.4 Å². The van der Waals surface area contributed by atoms with Gasteiger partial charge in [-0.1, -0.05) is 32.8 Å². The van der Waals surface area contributed by atoms with Gasteiger partial charge in [-0.2, -0.15) is 4.98 Å². The van der Waals surface area contributed by atoms with Gasteiger partial charge >= 0.3 is 6.01 Å². The minimum Gasteiger partial charge on any atom is -0.481 e. The summed E-state index contributed by atoms with van der Waals surface area (Å²) in [7, 11) is -0.485. The van der Waals surface area contributed by atoms with E-state index in [0.717, 1.165) is 5.56 Å². The van der Waals surface area contributed by atoms with E-state index in [-0.39, 0.29) is 23.3 Å². The molecule has 29 heavy (non-hydrogen) atoms. The van der Waals surface area contributed by atoms with Gasteiger partial charge in [0.15, 0.2) is 8.32 Å². The van der Waals surface area contributed by atoms with Crippen molar-refractivity contribution in [2.24, 2.45) is 11.0 Å². The lowest BCUT2D eigenvalue weighted by atomic mass is 9.99. The van der Waals surface area contributed by atoms with Gasteiger partial charge in [-0.25, -0.2) is 4.98 Å². The van der Waals surface area contributed by atoms with Crippen molar-refractivity contribution in [1.29, 1.82) is 0 Å². The van der Waals surface area contributed by atoms with E-state index in [1.165, 1.54) is 0 Å². The molecule has 0 N–H and O–H groups in total. The highest BCUT2D eigenvalue weighted by Gasteiger charge is 2.45. The highest BCUT2D eigenvalue weighted by molar-refractivity contribution is 6.74. The molecule has 2 heterocycles. The molecule has 0 bridgehead atoms. The Morgan fingerprint density at radius 1 is 1.41 bits per heavy atom. The van der Waals surface area contributed by atoms with Crippen molar-refractivity contribution in [3.05, 3.63) is 22.2 Å². The quantitative estimate of drug-likeness (QED) is 0.248. The second-order valence-corrected chi connectivity index (χ2v) is 13.4. The van der Waals surface area contributed by atoms with E-state index in [1.807, 2.05) is 6.92 Å². The lowest BCUT2D eigenvalue weighted by Gasteiger charge is -2.43. The summed E-state index contributed by atoms with van der Waals surface area (Å²) in [5.41, 5.74) is 9.60. The van der Waals surface area contributed by atoms with Crippen LogP contribution < -0.4 is 9.47 Å². The molecule has 0 aromatic carbocycles. The van der Waals surface area contributed by atoms with Crippen LogP contribution in [0.15, 0.2) is 11.3 Å². The molecule has 1 aliphatic rings. The highest BCUT2D eigenvalue weighted by atomic mass is 28.4. The zero-order chi connectivity index (χ0) is 21.8. The average molecular weight is 424 g/mol. The molecule has 9 nitrogen and oxygen atoms in total. The van der Waals surface area contributed by atoms with E-state index < -0.39 is 14.5 Å². The van der Waals surface area contributed by atoms with Crippen LogP contribution >= 0.6 is 0 Å². The number of nitrogens with zero attached hydrogens (tertiary/aromatic N) is 5. The first-order chi connectivity index (χ1) is 13.5. The van der Waals surface area contributed by atoms with Crippen LogP contribution in [0.25, 0.3) is 10.4 Å². The smallest absolute Gasteiger partial charge is 0.320 e. The van der Waals surface area contributed by atoms with E-state index in [9.17, 15) is 0 Å². The summed E-state index contributed by atoms with van der Waals surface area (Å²) in [6.45, 7) is 15.6. The van der Waals surface area contributed by atoms with Crippen LogP contribution in [0, 0.1) is 12.8 Å². The predicted molar refractivity (Wildman–Crippen MR) is 112 cm³/mol. The third-order valence-corrected chi connectivity index (χ3v) is 10.9. The van der Waals surface area contributed by atoms with Crippen molar-refractivity contribution in [2.75, 3.05) is 13.7 Å². The van der Waals surface area contributed by atoms with Crippen molar-refractivity contribution in [3.63, 3.8) is 0 Å². The van der Waals surface area contributed by atoms with Crippen LogP contribution in [0.3, 0.4) is 0 Å². The Hall–Kier alpha value is -1.87. The Balaban J connectivity index is 2.14. The van der Waals surface area contributed by atoms with Crippen molar-refractivity contribution >= 4 is 8.32 Å². The second kappa shape index (κ2) is 9.29. The molecule has 162 valence electrons. The van der Waals surface area contributed by atoms with Gasteiger partial charge < -0.3 is 18.6 Å². The van der Waals surface area contributed by atoms with Crippen LogP contribution in [0.5, 0.6) is 11.9 Å². The third-order valence-electron chi connectivity index (χ3n) is 6.32. The first kappa shape index (κ1) is 23.4. The van der Waals surface area contributed by atoms with Crippen LogP contribution in [0.2, 0.25) is 18.1 Å². The second-order valence-electron chi connectivity index (χ2n) is 8.77. The molecule has 1 saturated heterocycles. The van der Waals surface area contributed by atoms with E-state index in [2.05, 4.69) is 60.8 Å². The molecule has 1 fully saturated rings. The number of hydrogen-bond donors (Lipinski definition) is 0. The van der Waals surface area contributed by atoms with E-state index >= 15 is 0 Å². The predicted octanol–water partition coefficient (Wildman–Crippen LogP) is 4.62. The van der Waals surface area contributed by atoms with Gasteiger partial charge in [-0.15, -0.1) is 0 Å². The summed E-state index contributed by atoms with van der Waals surface area (Å²) in [4.78, 5) is 11.4. The first-order valence-corrected chi connectivity index (χ1v) is 12.8. The summed E-state index contributed by atoms with van der Waals surface area (Å²) in [5.74, 6) is 0.950. The molecule has 0 saturated carbocycles. The monoisotopic (exact) mass is 423 g/mol. The van der Waals surface area contributed by atoms with Crippen molar-refractivity contribution in [1.82, 2.24) is 9.97 Å². The SMILES string of the molecule is COc1nc(O[C@@H]2C[C@@H](N=[N+]=[N-])O[C@@H]2CO[Si](C)(C)C(C)(C)C(C)C)ncc1C. The Morgan fingerprint density at radius 3 is 2.69 bits per heavy atom. The number of rotatable bonds is 9. The number of aryl methyl sites for hydroxylation is 1. The minimum atomic E-state index is -2.04. The topological polar surface area (TPSA) is 111 Å². The lowest BCUT2D eigenvalue weighted by molar-refractivity contribution is -0.0131. The number of ether oxygens (including phenoxy) is 3. The van der Waals surface area contributed by atoms with Crippen LogP contribution in [0.4, 0.5) is 0 Å². The van der Waals surface area contributed by atoms with Crippen LogP contribution in [-0.2, 0) is 9.16 Å². The zero-order valence-corrected chi connectivity index (χ0v) is 19.7. The molecule has 10 heteroatoms. The van der Waals surface area contributed by atoms with Gasteiger partial charge in [0.2, 0.25) is 5.88 Å². The fraction of sp³-hybridized carbons (Fsp3) is 0.789. The van der Waals surface area contributed by atoms with Gasteiger partial charge in [0, 0.05) is 23.1 Å². The average Bonchev–Trinajstić information content (AvgIpc) is 3.03. The number of azide groups is 1. The van der Waals surface area contributed by atoms with Gasteiger partial charge in [-0.3, -0.25) is 0 Å². The van der Waals surface area contributed by atoms with Crippen molar-refractivity contribution in [2.45, 2.75) is 77.6 Å². The molecule has 2 rings (SSSR count). The Bertz CT molecular complexity index is 752. The van der Waals surface area contributed by atoms with E-state index in [0.29, 0.717) is 24.8 Å². The van der Waals surface area contributed by atoms with Gasteiger partial charge in [-0.05, 0) is 36.5 Å². The fourth-order valence-electron chi connectivity index (χ4n) is 3.08. The van der Waals surface area contributed by atoms with Crippen LogP contribution in [0.1, 0.15) is 39.7 Å². The standard InChI is InChI=1S/C19H33N5O4Si/c1-12(2)19(4,5)29(7,8)26-11-15-14(9-16(27-15)23-24-20)28-18-21-10-13(3)17(22-18)25-6/h10,12,14-16H,9,11H2,1-8H3/t14-,15-,16+/m1/s1. The molecular formula is C19H33N5O4Si. The zero-order valence-electron chi connectivity index (χ0n) is 18.7. The Morgan fingerprint density at radius 2 is 2.10 bits per heavy atom. The van der Waals surface area contributed by atoms with Crippen molar-refractivity contribution in [3.8, 4) is 11.9 Å². The number of aromatic nitrogens is 2. The van der Waals surface area contributed by atoms with E-state index in [1.54, 1.807) is 13.3 Å². The third kappa shape index (κ3) is 5.39. The molecule has 0 amide bonds. The summed E-state index contributed by atoms with van der Waals surface area (Å²) >= 11 is 0. The van der Waals surface area contributed by atoms with E-state index in [4.69, 9.17) is 24.2 Å². The fourth-order valence-corrected chi connectivity index (χ4v) is 5.42. The van der Waals surface area contributed by atoms with Gasteiger partial charge in [0.05, 0.1) is 13.7 Å². The highest BCUT2D eigenvalue weighted by Crippen LogP contribution is 2.44. The number of hydrogen-bond acceptors (Lipinski definition) is 7. The molecule has 3 atom stereocenters. The largest absolute Gasteiger partial charge is 0.481 e. The minimum absolute atomic E-state index is 0.0829. The maximum absolute atomic E-state index is 8.79. The van der Waals surface area contributed by atoms with Gasteiger partial charge in [0.25, 0.3) is 0 Å². The lowest BCUT2D eigenvalue weighted by Crippen LogP contribution is -2.47. The Labute approximate surface area is 173 Å². The molecule has 0 aliphatic carbocycles.